The number of benzene rings is 1. The molecule has 0 saturated carbocycles. The van der Waals surface area contributed by atoms with Gasteiger partial charge in [-0.2, -0.15) is 0 Å². The van der Waals surface area contributed by atoms with Crippen molar-refractivity contribution in [1.82, 2.24) is 4.98 Å². The van der Waals surface area contributed by atoms with E-state index in [2.05, 4.69) is 10.3 Å². The van der Waals surface area contributed by atoms with Crippen molar-refractivity contribution in [1.29, 1.82) is 0 Å². The summed E-state index contributed by atoms with van der Waals surface area (Å²) in [7, 11) is 0. The van der Waals surface area contributed by atoms with Gasteiger partial charge in [0.05, 0.1) is 17.2 Å². The van der Waals surface area contributed by atoms with Gasteiger partial charge in [-0.05, 0) is 30.7 Å². The maximum absolute atomic E-state index is 11.1. The van der Waals surface area contributed by atoms with Gasteiger partial charge in [-0.1, -0.05) is 6.07 Å². The molecular formula is C14H14N4O3. The standard InChI is InChI=1S/C14H14N4O3/c1-9-3-2-6-16-12(9)8-17-11-5-4-10(14(15)19)7-13(11)18(20)21/h2-7,17H,8H2,1H3,(H2,15,19). The van der Waals surface area contributed by atoms with Crippen LogP contribution in [0.2, 0.25) is 0 Å². The number of amides is 1. The maximum atomic E-state index is 11.1. The van der Waals surface area contributed by atoms with E-state index in [0.29, 0.717) is 12.2 Å². The summed E-state index contributed by atoms with van der Waals surface area (Å²) in [6.07, 6.45) is 1.66. The first-order chi connectivity index (χ1) is 9.99. The summed E-state index contributed by atoms with van der Waals surface area (Å²) in [5.74, 6) is -0.703. The molecule has 1 aromatic heterocycles. The number of carbonyl (C=O) groups excluding carboxylic acids is 1. The van der Waals surface area contributed by atoms with Gasteiger partial charge >= 0.3 is 0 Å². The van der Waals surface area contributed by atoms with Crippen molar-refractivity contribution < 1.29 is 9.72 Å². The second-order valence-corrected chi connectivity index (χ2v) is 4.47. The zero-order valence-electron chi connectivity index (χ0n) is 11.4. The lowest BCUT2D eigenvalue weighted by molar-refractivity contribution is -0.384. The molecule has 0 radical (unpaired) electrons. The lowest BCUT2D eigenvalue weighted by atomic mass is 10.1. The van der Waals surface area contributed by atoms with E-state index in [1.807, 2.05) is 19.1 Å². The van der Waals surface area contributed by atoms with Gasteiger partial charge in [0.2, 0.25) is 5.91 Å². The van der Waals surface area contributed by atoms with Crippen LogP contribution in [0.15, 0.2) is 36.5 Å². The molecule has 7 heteroatoms. The summed E-state index contributed by atoms with van der Waals surface area (Å²) in [6, 6.07) is 7.81. The number of nitrogens with one attached hydrogen (secondary N) is 1. The molecule has 108 valence electrons. The predicted molar refractivity (Wildman–Crippen MR) is 77.9 cm³/mol. The SMILES string of the molecule is Cc1cccnc1CNc1ccc(C(N)=O)cc1[N+](=O)[O-]. The molecule has 1 amide bonds. The summed E-state index contributed by atoms with van der Waals surface area (Å²) in [6.45, 7) is 2.26. The highest BCUT2D eigenvalue weighted by Gasteiger charge is 2.16. The fourth-order valence-corrected chi connectivity index (χ4v) is 1.87. The van der Waals surface area contributed by atoms with E-state index in [1.54, 1.807) is 6.20 Å². The first kappa shape index (κ1) is 14.4. The summed E-state index contributed by atoms with van der Waals surface area (Å²) in [5.41, 5.74) is 7.13. The number of primary amides is 1. The van der Waals surface area contributed by atoms with Crippen LogP contribution in [0.1, 0.15) is 21.6 Å². The number of carbonyl (C=O) groups is 1. The third-order valence-electron chi connectivity index (χ3n) is 3.04. The van der Waals surface area contributed by atoms with Gasteiger partial charge in [0, 0.05) is 17.8 Å². The van der Waals surface area contributed by atoms with Crippen molar-refractivity contribution >= 4 is 17.3 Å². The topological polar surface area (TPSA) is 111 Å². The van der Waals surface area contributed by atoms with Crippen LogP contribution >= 0.6 is 0 Å². The van der Waals surface area contributed by atoms with Crippen LogP contribution < -0.4 is 11.1 Å². The Morgan fingerprint density at radius 3 is 2.81 bits per heavy atom. The minimum Gasteiger partial charge on any atom is -0.374 e. The lowest BCUT2D eigenvalue weighted by Crippen LogP contribution is -2.12. The number of hydrogen-bond acceptors (Lipinski definition) is 5. The molecule has 1 aromatic carbocycles. The molecule has 0 fully saturated rings. The van der Waals surface area contributed by atoms with Crippen LogP contribution in [-0.4, -0.2) is 15.8 Å². The number of aryl methyl sites for hydroxylation is 1. The summed E-state index contributed by atoms with van der Waals surface area (Å²) in [5, 5.41) is 14.0. The molecule has 2 rings (SSSR count). The molecule has 0 aliphatic heterocycles. The lowest BCUT2D eigenvalue weighted by Gasteiger charge is -2.09. The minimum absolute atomic E-state index is 0.0984. The van der Waals surface area contributed by atoms with Gasteiger partial charge < -0.3 is 11.1 Å². The third kappa shape index (κ3) is 3.33. The molecule has 0 bridgehead atoms. The molecule has 7 nitrogen and oxygen atoms in total. The average molecular weight is 286 g/mol. The Balaban J connectivity index is 2.26. The molecule has 0 spiro atoms. The molecule has 0 aliphatic carbocycles. The number of nitro groups is 1. The monoisotopic (exact) mass is 286 g/mol. The zero-order chi connectivity index (χ0) is 15.4. The number of nitrogens with two attached hydrogens (primary N) is 1. The average Bonchev–Trinajstić information content (AvgIpc) is 2.46. The molecule has 0 aliphatic rings. The van der Waals surface area contributed by atoms with Crippen LogP contribution in [0, 0.1) is 17.0 Å². The van der Waals surface area contributed by atoms with Crippen molar-refractivity contribution in [2.24, 2.45) is 5.73 Å². The first-order valence-electron chi connectivity index (χ1n) is 6.21. The summed E-state index contributed by atoms with van der Waals surface area (Å²) in [4.78, 5) is 25.8. The number of anilines is 1. The highest BCUT2D eigenvalue weighted by Crippen LogP contribution is 2.26. The third-order valence-corrected chi connectivity index (χ3v) is 3.04. The van der Waals surface area contributed by atoms with E-state index in [4.69, 9.17) is 5.73 Å². The highest BCUT2D eigenvalue weighted by atomic mass is 16.6. The Bertz CT molecular complexity index is 700. The maximum Gasteiger partial charge on any atom is 0.293 e. The van der Waals surface area contributed by atoms with Gasteiger partial charge in [-0.15, -0.1) is 0 Å². The molecule has 21 heavy (non-hydrogen) atoms. The quantitative estimate of drug-likeness (QED) is 0.645. The van der Waals surface area contributed by atoms with Gasteiger partial charge in [0.1, 0.15) is 5.69 Å². The molecule has 0 unspecified atom stereocenters. The van der Waals surface area contributed by atoms with Crippen molar-refractivity contribution in [2.45, 2.75) is 13.5 Å². The van der Waals surface area contributed by atoms with Crippen LogP contribution in [0.5, 0.6) is 0 Å². The van der Waals surface area contributed by atoms with Crippen LogP contribution in [0.4, 0.5) is 11.4 Å². The van der Waals surface area contributed by atoms with E-state index < -0.39 is 10.8 Å². The second kappa shape index (κ2) is 6.00. The number of nitro benzene ring substituents is 1. The summed E-state index contributed by atoms with van der Waals surface area (Å²) >= 11 is 0. The molecular weight excluding hydrogens is 272 g/mol. The molecule has 0 atom stereocenters. The first-order valence-corrected chi connectivity index (χ1v) is 6.21. The van der Waals surface area contributed by atoms with Crippen LogP contribution in [0.25, 0.3) is 0 Å². The van der Waals surface area contributed by atoms with E-state index in [-0.39, 0.29) is 11.3 Å². The second-order valence-electron chi connectivity index (χ2n) is 4.47. The Kier molecular flexibility index (Phi) is 4.13. The fraction of sp³-hybridized carbons (Fsp3) is 0.143. The Hall–Kier alpha value is -2.96. The van der Waals surface area contributed by atoms with Crippen molar-refractivity contribution in [2.75, 3.05) is 5.32 Å². The number of rotatable bonds is 5. The van der Waals surface area contributed by atoms with E-state index >= 15 is 0 Å². The largest absolute Gasteiger partial charge is 0.374 e. The van der Waals surface area contributed by atoms with E-state index in [9.17, 15) is 14.9 Å². The molecule has 3 N–H and O–H groups in total. The highest BCUT2D eigenvalue weighted by molar-refractivity contribution is 5.94. The van der Waals surface area contributed by atoms with Crippen molar-refractivity contribution in [3.8, 4) is 0 Å². The van der Waals surface area contributed by atoms with Crippen molar-refractivity contribution in [3.63, 3.8) is 0 Å². The predicted octanol–water partition coefficient (Wildman–Crippen LogP) is 2.01. The van der Waals surface area contributed by atoms with Gasteiger partial charge in [0.25, 0.3) is 5.69 Å². The Labute approximate surface area is 121 Å². The minimum atomic E-state index is -0.703. The summed E-state index contributed by atoms with van der Waals surface area (Å²) < 4.78 is 0. The van der Waals surface area contributed by atoms with Crippen molar-refractivity contribution in [3.05, 3.63) is 63.5 Å². The number of aromatic nitrogens is 1. The van der Waals surface area contributed by atoms with Gasteiger partial charge in [-0.3, -0.25) is 19.9 Å². The van der Waals surface area contributed by atoms with E-state index in [0.717, 1.165) is 17.3 Å². The van der Waals surface area contributed by atoms with Crippen LogP contribution in [0.3, 0.4) is 0 Å². The fourth-order valence-electron chi connectivity index (χ4n) is 1.87. The Morgan fingerprint density at radius 1 is 1.43 bits per heavy atom. The molecule has 1 heterocycles. The number of nitrogens with zero attached hydrogens (tertiary/aromatic N) is 2. The van der Waals surface area contributed by atoms with E-state index in [1.165, 1.54) is 12.1 Å². The molecule has 2 aromatic rings. The smallest absolute Gasteiger partial charge is 0.293 e. The number of pyridine rings is 1. The zero-order valence-corrected chi connectivity index (χ0v) is 11.4. The number of hydrogen-bond donors (Lipinski definition) is 2. The van der Waals surface area contributed by atoms with Crippen LogP contribution in [-0.2, 0) is 6.54 Å². The van der Waals surface area contributed by atoms with Gasteiger partial charge in [-0.25, -0.2) is 0 Å². The van der Waals surface area contributed by atoms with Gasteiger partial charge in [0.15, 0.2) is 0 Å². The Morgan fingerprint density at radius 2 is 2.19 bits per heavy atom. The normalized spacial score (nSPS) is 10.1. The molecule has 0 saturated heterocycles.